The van der Waals surface area contributed by atoms with E-state index < -0.39 is 0 Å². The lowest BCUT2D eigenvalue weighted by Gasteiger charge is -2.40. The van der Waals surface area contributed by atoms with Gasteiger partial charge in [-0.2, -0.15) is 4.98 Å². The third-order valence-corrected chi connectivity index (χ3v) is 4.57. The van der Waals surface area contributed by atoms with Gasteiger partial charge < -0.3 is 15.1 Å². The molecule has 0 bridgehead atoms. The van der Waals surface area contributed by atoms with E-state index in [1.165, 1.54) is 32.4 Å². The minimum atomic E-state index is 0.463. The maximum Gasteiger partial charge on any atom is 0.227 e. The summed E-state index contributed by atoms with van der Waals surface area (Å²) in [6.45, 7) is 7.62. The fourth-order valence-electron chi connectivity index (χ4n) is 3.65. The summed E-state index contributed by atoms with van der Waals surface area (Å²) < 4.78 is 0. The van der Waals surface area contributed by atoms with Gasteiger partial charge in [-0.25, -0.2) is 4.98 Å². The number of likely N-dealkylation sites (tertiary alicyclic amines) is 1. The van der Waals surface area contributed by atoms with Crippen LogP contribution in [-0.4, -0.2) is 54.6 Å². The van der Waals surface area contributed by atoms with E-state index in [4.69, 9.17) is 0 Å². The van der Waals surface area contributed by atoms with Crippen LogP contribution in [0.25, 0.3) is 0 Å². The summed E-state index contributed by atoms with van der Waals surface area (Å²) in [5.74, 6) is 1.82. The normalized spacial score (nSPS) is 27.2. The summed E-state index contributed by atoms with van der Waals surface area (Å²) in [5.41, 5.74) is 0.463. The van der Waals surface area contributed by atoms with Crippen molar-refractivity contribution >= 4 is 11.8 Å². The molecular formula is C15H25N5. The van der Waals surface area contributed by atoms with Crippen LogP contribution in [0, 0.1) is 5.41 Å². The second-order valence-corrected chi connectivity index (χ2v) is 6.29. The van der Waals surface area contributed by atoms with Crippen molar-refractivity contribution in [2.24, 2.45) is 5.41 Å². The minimum Gasteiger partial charge on any atom is -0.370 e. The van der Waals surface area contributed by atoms with Gasteiger partial charge in [0.15, 0.2) is 0 Å². The Morgan fingerprint density at radius 3 is 2.95 bits per heavy atom. The van der Waals surface area contributed by atoms with Crippen molar-refractivity contribution in [2.75, 3.05) is 50.0 Å². The Balaban J connectivity index is 1.75. The van der Waals surface area contributed by atoms with Crippen LogP contribution in [0.4, 0.5) is 11.8 Å². The Morgan fingerprint density at radius 2 is 2.20 bits per heavy atom. The third-order valence-electron chi connectivity index (χ3n) is 4.57. The molecule has 2 saturated heterocycles. The number of hydrogen-bond acceptors (Lipinski definition) is 5. The van der Waals surface area contributed by atoms with Crippen LogP contribution in [0.3, 0.4) is 0 Å². The number of nitrogens with one attached hydrogen (secondary N) is 1. The zero-order valence-electron chi connectivity index (χ0n) is 12.6. The Kier molecular flexibility index (Phi) is 3.78. The molecule has 1 N–H and O–H groups in total. The topological polar surface area (TPSA) is 44.3 Å². The highest BCUT2D eigenvalue weighted by Crippen LogP contribution is 2.39. The van der Waals surface area contributed by atoms with Crippen molar-refractivity contribution in [3.63, 3.8) is 0 Å². The van der Waals surface area contributed by atoms with Gasteiger partial charge in [-0.15, -0.1) is 0 Å². The Morgan fingerprint density at radius 1 is 1.30 bits per heavy atom. The van der Waals surface area contributed by atoms with Gasteiger partial charge in [0.25, 0.3) is 0 Å². The van der Waals surface area contributed by atoms with Gasteiger partial charge in [-0.3, -0.25) is 0 Å². The van der Waals surface area contributed by atoms with Crippen molar-refractivity contribution in [2.45, 2.75) is 26.2 Å². The van der Waals surface area contributed by atoms with Gasteiger partial charge in [0.05, 0.1) is 0 Å². The molecule has 20 heavy (non-hydrogen) atoms. The standard InChI is InChI=1S/C15H25N5/c1-3-16-13-5-8-17-14(18-13)20-9-4-6-15(12-20)7-10-19(2)11-15/h5,8H,3-4,6-7,9-12H2,1-2H3,(H,16,17,18). The average molecular weight is 275 g/mol. The molecule has 1 atom stereocenters. The maximum atomic E-state index is 4.65. The van der Waals surface area contributed by atoms with E-state index in [0.717, 1.165) is 31.4 Å². The van der Waals surface area contributed by atoms with Crippen molar-refractivity contribution in [3.05, 3.63) is 12.3 Å². The predicted molar refractivity (Wildman–Crippen MR) is 82.2 cm³/mol. The molecule has 0 aliphatic carbocycles. The highest BCUT2D eigenvalue weighted by atomic mass is 15.3. The summed E-state index contributed by atoms with van der Waals surface area (Å²) >= 11 is 0. The monoisotopic (exact) mass is 275 g/mol. The molecule has 1 aromatic heterocycles. The van der Waals surface area contributed by atoms with E-state index >= 15 is 0 Å². The zero-order valence-corrected chi connectivity index (χ0v) is 12.6. The van der Waals surface area contributed by atoms with Gasteiger partial charge in [0.1, 0.15) is 5.82 Å². The molecule has 2 fully saturated rings. The van der Waals surface area contributed by atoms with Crippen LogP contribution in [0.5, 0.6) is 0 Å². The van der Waals surface area contributed by atoms with E-state index in [1.54, 1.807) is 0 Å². The zero-order chi connectivity index (χ0) is 14.0. The number of anilines is 2. The second-order valence-electron chi connectivity index (χ2n) is 6.29. The van der Waals surface area contributed by atoms with Crippen LogP contribution in [0.1, 0.15) is 26.2 Å². The summed E-state index contributed by atoms with van der Waals surface area (Å²) in [4.78, 5) is 14.0. The first-order valence-corrected chi connectivity index (χ1v) is 7.71. The van der Waals surface area contributed by atoms with Gasteiger partial charge in [0, 0.05) is 37.8 Å². The molecule has 2 aliphatic heterocycles. The van der Waals surface area contributed by atoms with Crippen molar-refractivity contribution in [1.29, 1.82) is 0 Å². The summed E-state index contributed by atoms with van der Waals surface area (Å²) in [5, 5.41) is 3.27. The average Bonchev–Trinajstić information content (AvgIpc) is 2.80. The van der Waals surface area contributed by atoms with Crippen molar-refractivity contribution in [1.82, 2.24) is 14.9 Å². The molecule has 0 saturated carbocycles. The first-order chi connectivity index (χ1) is 9.71. The lowest BCUT2D eigenvalue weighted by molar-refractivity contribution is 0.233. The van der Waals surface area contributed by atoms with Gasteiger partial charge in [0.2, 0.25) is 5.95 Å². The molecule has 1 unspecified atom stereocenters. The van der Waals surface area contributed by atoms with Crippen molar-refractivity contribution < 1.29 is 0 Å². The van der Waals surface area contributed by atoms with Crippen LogP contribution in [0.15, 0.2) is 12.3 Å². The fraction of sp³-hybridized carbons (Fsp3) is 0.733. The van der Waals surface area contributed by atoms with Gasteiger partial charge in [-0.05, 0) is 45.8 Å². The summed E-state index contributed by atoms with van der Waals surface area (Å²) in [6, 6.07) is 1.94. The molecule has 5 nitrogen and oxygen atoms in total. The van der Waals surface area contributed by atoms with Crippen LogP contribution in [-0.2, 0) is 0 Å². The summed E-state index contributed by atoms with van der Waals surface area (Å²) in [7, 11) is 2.23. The Labute approximate surface area is 121 Å². The lowest BCUT2D eigenvalue weighted by Crippen LogP contribution is -2.45. The third kappa shape index (κ3) is 2.73. The molecular weight excluding hydrogens is 250 g/mol. The maximum absolute atomic E-state index is 4.65. The quantitative estimate of drug-likeness (QED) is 0.912. The molecule has 2 aliphatic rings. The van der Waals surface area contributed by atoms with Crippen molar-refractivity contribution in [3.8, 4) is 0 Å². The van der Waals surface area contributed by atoms with Gasteiger partial charge in [-0.1, -0.05) is 0 Å². The molecule has 0 amide bonds. The largest absolute Gasteiger partial charge is 0.370 e. The molecule has 0 aromatic carbocycles. The van der Waals surface area contributed by atoms with Crippen LogP contribution >= 0.6 is 0 Å². The first-order valence-electron chi connectivity index (χ1n) is 7.71. The van der Waals surface area contributed by atoms with E-state index in [-0.39, 0.29) is 0 Å². The Bertz CT molecular complexity index is 459. The number of rotatable bonds is 3. The smallest absolute Gasteiger partial charge is 0.227 e. The highest BCUT2D eigenvalue weighted by molar-refractivity contribution is 5.41. The van der Waals surface area contributed by atoms with Gasteiger partial charge >= 0.3 is 0 Å². The van der Waals surface area contributed by atoms with E-state index in [0.29, 0.717) is 5.41 Å². The first kappa shape index (κ1) is 13.6. The number of hydrogen-bond donors (Lipinski definition) is 1. The molecule has 1 spiro atoms. The number of nitrogens with zero attached hydrogens (tertiary/aromatic N) is 4. The highest BCUT2D eigenvalue weighted by Gasteiger charge is 2.40. The number of piperidine rings is 1. The summed E-state index contributed by atoms with van der Waals surface area (Å²) in [6.07, 6.45) is 5.78. The molecule has 5 heteroatoms. The minimum absolute atomic E-state index is 0.463. The fourth-order valence-corrected chi connectivity index (χ4v) is 3.65. The molecule has 3 heterocycles. The molecule has 3 rings (SSSR count). The number of aromatic nitrogens is 2. The molecule has 0 radical (unpaired) electrons. The SMILES string of the molecule is CCNc1ccnc(N2CCCC3(CCN(C)C3)C2)n1. The lowest BCUT2D eigenvalue weighted by atomic mass is 9.79. The molecule has 110 valence electrons. The van der Waals surface area contributed by atoms with E-state index in [1.807, 2.05) is 12.3 Å². The second kappa shape index (κ2) is 5.56. The van der Waals surface area contributed by atoms with E-state index in [2.05, 4.69) is 39.1 Å². The Hall–Kier alpha value is -1.36. The van der Waals surface area contributed by atoms with Crippen LogP contribution < -0.4 is 10.2 Å². The predicted octanol–water partition coefficient (Wildman–Crippen LogP) is 1.83. The molecule has 1 aromatic rings. The van der Waals surface area contributed by atoms with E-state index in [9.17, 15) is 0 Å². The van der Waals surface area contributed by atoms with Crippen LogP contribution in [0.2, 0.25) is 0 Å².